The Labute approximate surface area is 149 Å². The van der Waals surface area contributed by atoms with Crippen LogP contribution in [0.4, 0.5) is 0 Å². The lowest BCUT2D eigenvalue weighted by Gasteiger charge is -2.04. The van der Waals surface area contributed by atoms with Crippen molar-refractivity contribution < 1.29 is 14.7 Å². The zero-order valence-corrected chi connectivity index (χ0v) is 14.9. The molecule has 3 rings (SSSR count). The van der Waals surface area contributed by atoms with Gasteiger partial charge < -0.3 is 20.0 Å². The number of H-pyrrole nitrogens is 2. The minimum Gasteiger partial charge on any atom is -0.481 e. The summed E-state index contributed by atoms with van der Waals surface area (Å²) >= 11 is 0. The minimum absolute atomic E-state index is 0.0690. The number of ketones is 1. The maximum Gasteiger partial charge on any atom is 0.303 e. The average Bonchev–Trinajstić information content (AvgIpc) is 3.10. The van der Waals surface area contributed by atoms with E-state index in [4.69, 9.17) is 5.11 Å². The van der Waals surface area contributed by atoms with Crippen LogP contribution in [0.1, 0.15) is 23.7 Å². The van der Waals surface area contributed by atoms with E-state index in [1.165, 1.54) is 6.08 Å². The molecule has 136 valence electrons. The molecule has 2 heterocycles. The van der Waals surface area contributed by atoms with Crippen LogP contribution < -0.4 is 5.56 Å². The van der Waals surface area contributed by atoms with Gasteiger partial charge in [-0.3, -0.25) is 14.4 Å². The van der Waals surface area contributed by atoms with Crippen LogP contribution in [0.2, 0.25) is 0 Å². The van der Waals surface area contributed by atoms with Crippen LogP contribution in [0.5, 0.6) is 0 Å². The maximum atomic E-state index is 12.1. The second-order valence-corrected chi connectivity index (χ2v) is 5.87. The zero-order chi connectivity index (χ0) is 19.3. The Morgan fingerprint density at radius 1 is 1.19 bits per heavy atom. The van der Waals surface area contributed by atoms with Gasteiger partial charge in [0.2, 0.25) is 0 Å². The number of pyridine rings is 1. The van der Waals surface area contributed by atoms with Gasteiger partial charge in [-0.2, -0.15) is 0 Å². The van der Waals surface area contributed by atoms with Crippen molar-refractivity contribution in [3.05, 3.63) is 58.7 Å². The second kappa shape index (κ2) is 8.15. The summed E-state index contributed by atoms with van der Waals surface area (Å²) in [4.78, 5) is 40.9. The van der Waals surface area contributed by atoms with Crippen molar-refractivity contribution in [2.75, 3.05) is 14.1 Å². The molecular formula is C19H21N3O4. The first-order chi connectivity index (χ1) is 12.3. The number of hydrogen-bond donors (Lipinski definition) is 3. The lowest BCUT2D eigenvalue weighted by molar-refractivity contribution is -0.136. The highest BCUT2D eigenvalue weighted by molar-refractivity contribution is 6.10. The fraction of sp³-hybridized carbons (Fsp3) is 0.211. The molecule has 7 heteroatoms. The van der Waals surface area contributed by atoms with Gasteiger partial charge in [0, 0.05) is 60.8 Å². The van der Waals surface area contributed by atoms with E-state index in [2.05, 4.69) is 9.97 Å². The highest BCUT2D eigenvalue weighted by Crippen LogP contribution is 2.22. The summed E-state index contributed by atoms with van der Waals surface area (Å²) in [5.41, 5.74) is 1.68. The molecule has 7 nitrogen and oxygen atoms in total. The predicted octanol–water partition coefficient (Wildman–Crippen LogP) is 2.75. The third-order valence-electron chi connectivity index (χ3n) is 3.64. The van der Waals surface area contributed by atoms with Crippen molar-refractivity contribution >= 4 is 33.6 Å². The number of aliphatic carboxylic acids is 1. The van der Waals surface area contributed by atoms with E-state index in [1.54, 1.807) is 36.4 Å². The Hall–Kier alpha value is -3.35. The predicted molar refractivity (Wildman–Crippen MR) is 102 cm³/mol. The summed E-state index contributed by atoms with van der Waals surface area (Å²) < 4.78 is 0. The lowest BCUT2D eigenvalue weighted by Crippen LogP contribution is -2.07. The number of fused-ring (bicyclic) bond motifs is 3. The molecule has 3 N–H and O–H groups in total. The van der Waals surface area contributed by atoms with Crippen molar-refractivity contribution in [3.8, 4) is 0 Å². The molecule has 0 atom stereocenters. The summed E-state index contributed by atoms with van der Waals surface area (Å²) in [6, 6.07) is 7.14. The maximum absolute atomic E-state index is 12.1. The van der Waals surface area contributed by atoms with E-state index in [0.717, 1.165) is 16.3 Å². The molecule has 0 aliphatic carbocycles. The third-order valence-corrected chi connectivity index (χ3v) is 3.64. The van der Waals surface area contributed by atoms with Gasteiger partial charge in [-0.05, 0) is 24.3 Å². The smallest absolute Gasteiger partial charge is 0.303 e. The Bertz CT molecular complexity index is 1030. The fourth-order valence-corrected chi connectivity index (χ4v) is 2.31. The van der Waals surface area contributed by atoms with Crippen LogP contribution in [0, 0.1) is 0 Å². The first-order valence-electron chi connectivity index (χ1n) is 8.07. The van der Waals surface area contributed by atoms with Gasteiger partial charge in [-0.25, -0.2) is 0 Å². The Morgan fingerprint density at radius 3 is 2.50 bits per heavy atom. The fourth-order valence-electron chi connectivity index (χ4n) is 2.31. The molecule has 0 amide bonds. The summed E-state index contributed by atoms with van der Waals surface area (Å²) in [6.45, 7) is 1.60. The van der Waals surface area contributed by atoms with Crippen LogP contribution in [-0.4, -0.2) is 45.8 Å². The van der Waals surface area contributed by atoms with Gasteiger partial charge in [-0.15, -0.1) is 0 Å². The normalized spacial score (nSPS) is 10.7. The van der Waals surface area contributed by atoms with E-state index in [0.29, 0.717) is 11.1 Å². The third kappa shape index (κ3) is 4.38. The molecule has 0 fully saturated rings. The van der Waals surface area contributed by atoms with Gasteiger partial charge in [-0.1, -0.05) is 6.92 Å². The number of allylic oxidation sites excluding steroid dienone is 1. The van der Waals surface area contributed by atoms with Crippen LogP contribution in [-0.2, 0) is 4.79 Å². The minimum atomic E-state index is -0.745. The van der Waals surface area contributed by atoms with Crippen molar-refractivity contribution in [3.63, 3.8) is 0 Å². The van der Waals surface area contributed by atoms with E-state index < -0.39 is 5.97 Å². The molecule has 26 heavy (non-hydrogen) atoms. The summed E-state index contributed by atoms with van der Waals surface area (Å²) in [6.07, 6.45) is 5.19. The molecule has 0 aliphatic heterocycles. The number of carbonyl (C=O) groups excluding carboxylic acids is 1. The van der Waals surface area contributed by atoms with E-state index >= 15 is 0 Å². The number of benzene rings is 1. The molecule has 0 unspecified atom stereocenters. The van der Waals surface area contributed by atoms with E-state index in [-0.39, 0.29) is 17.8 Å². The highest BCUT2D eigenvalue weighted by atomic mass is 16.4. The van der Waals surface area contributed by atoms with Gasteiger partial charge in [0.1, 0.15) is 5.52 Å². The van der Waals surface area contributed by atoms with Crippen molar-refractivity contribution in [1.29, 1.82) is 0 Å². The molecule has 0 spiro atoms. The zero-order valence-electron chi connectivity index (χ0n) is 14.9. The number of nitrogens with zero attached hydrogens (tertiary/aromatic N) is 1. The van der Waals surface area contributed by atoms with E-state index in [1.807, 2.05) is 26.2 Å². The van der Waals surface area contributed by atoms with E-state index in [9.17, 15) is 14.4 Å². The molecule has 0 saturated heterocycles. The van der Waals surface area contributed by atoms with Crippen molar-refractivity contribution in [2.45, 2.75) is 13.3 Å². The molecule has 2 aromatic heterocycles. The van der Waals surface area contributed by atoms with Crippen LogP contribution in [0.25, 0.3) is 21.8 Å². The molecule has 0 bridgehead atoms. The van der Waals surface area contributed by atoms with Crippen molar-refractivity contribution in [1.82, 2.24) is 14.9 Å². The van der Waals surface area contributed by atoms with Crippen LogP contribution in [0.15, 0.2) is 47.5 Å². The number of carboxylic acids is 1. The first kappa shape index (κ1) is 19.0. The van der Waals surface area contributed by atoms with Crippen molar-refractivity contribution in [2.24, 2.45) is 0 Å². The number of aromatic amines is 2. The average molecular weight is 355 g/mol. The molecule has 0 aliphatic rings. The van der Waals surface area contributed by atoms with Gasteiger partial charge in [0.05, 0.1) is 0 Å². The SMILES string of the molecule is CCC(=O)O.CN(C)C=CC(=O)c1ccc2[nH]c(=O)c3[nH]ccc3c2c1. The van der Waals surface area contributed by atoms with Gasteiger partial charge >= 0.3 is 5.97 Å². The number of aromatic nitrogens is 2. The quantitative estimate of drug-likeness (QED) is 0.493. The summed E-state index contributed by atoms with van der Waals surface area (Å²) in [5, 5.41) is 9.40. The Kier molecular flexibility index (Phi) is 5.95. The standard InChI is InChI=1S/C16H15N3O2.C3H6O2/c1-19(2)8-6-14(20)10-3-4-13-12(9-10)11-5-7-17-15(11)16(21)18-13;1-2-3(4)5/h3-9,17H,1-2H3,(H,18,21);2H2,1H3,(H,4,5). The van der Waals surface area contributed by atoms with Gasteiger partial charge in [0.15, 0.2) is 5.78 Å². The number of nitrogens with one attached hydrogen (secondary N) is 2. The topological polar surface area (TPSA) is 106 Å². The Morgan fingerprint density at radius 2 is 1.88 bits per heavy atom. The van der Waals surface area contributed by atoms with Crippen LogP contribution >= 0.6 is 0 Å². The molecular weight excluding hydrogens is 334 g/mol. The summed E-state index contributed by atoms with van der Waals surface area (Å²) in [5.74, 6) is -0.814. The number of rotatable bonds is 4. The molecule has 0 saturated carbocycles. The number of hydrogen-bond acceptors (Lipinski definition) is 4. The monoisotopic (exact) mass is 355 g/mol. The first-order valence-corrected chi connectivity index (χ1v) is 8.07. The highest BCUT2D eigenvalue weighted by Gasteiger charge is 2.09. The number of carbonyl (C=O) groups is 2. The van der Waals surface area contributed by atoms with Gasteiger partial charge in [0.25, 0.3) is 5.56 Å². The molecule has 0 radical (unpaired) electrons. The lowest BCUT2D eigenvalue weighted by atomic mass is 10.0. The summed E-state index contributed by atoms with van der Waals surface area (Å²) in [7, 11) is 3.72. The second-order valence-electron chi connectivity index (χ2n) is 5.87. The number of carboxylic acid groups (broad SMARTS) is 1. The largest absolute Gasteiger partial charge is 0.481 e. The van der Waals surface area contributed by atoms with Crippen LogP contribution in [0.3, 0.4) is 0 Å². The Balaban J connectivity index is 0.000000431. The molecule has 3 aromatic rings. The molecule has 1 aromatic carbocycles.